The molecule has 0 spiro atoms. The minimum absolute atomic E-state index is 0.347. The molecule has 2 heterocycles. The van der Waals surface area contributed by atoms with Gasteiger partial charge < -0.3 is 9.84 Å². The summed E-state index contributed by atoms with van der Waals surface area (Å²) in [5, 5.41) is 10.5. The van der Waals surface area contributed by atoms with E-state index in [1.54, 1.807) is 13.3 Å². The number of hydrogen-bond acceptors (Lipinski definition) is 3. The fourth-order valence-electron chi connectivity index (χ4n) is 4.51. The number of ether oxygens (including phenoxy) is 1. The van der Waals surface area contributed by atoms with Crippen LogP contribution in [0.4, 0.5) is 4.79 Å². The molecule has 0 amide bonds. The van der Waals surface area contributed by atoms with E-state index in [2.05, 4.69) is 45.1 Å². The summed E-state index contributed by atoms with van der Waals surface area (Å²) in [6, 6.07) is 12.8. The quantitative estimate of drug-likeness (QED) is 0.524. The van der Waals surface area contributed by atoms with Crippen molar-refractivity contribution in [1.29, 1.82) is 0 Å². The fourth-order valence-corrected chi connectivity index (χ4v) is 4.78. The van der Waals surface area contributed by atoms with Gasteiger partial charge >= 0.3 is 6.09 Å². The number of methoxy groups -OCH3 is 1. The van der Waals surface area contributed by atoms with Crippen LogP contribution in [-0.4, -0.2) is 34.3 Å². The largest absolute Gasteiger partial charge is 0.496 e. The van der Waals surface area contributed by atoms with Crippen LogP contribution in [0.2, 0.25) is 0 Å². The minimum atomic E-state index is -0.968. The van der Waals surface area contributed by atoms with E-state index in [1.165, 1.54) is 23.0 Å². The average molecular weight is 457 g/mol. The van der Waals surface area contributed by atoms with E-state index in [0.717, 1.165) is 51.8 Å². The van der Waals surface area contributed by atoms with E-state index in [4.69, 9.17) is 4.74 Å². The lowest BCUT2D eigenvalue weighted by Crippen LogP contribution is -2.33. The van der Waals surface area contributed by atoms with Gasteiger partial charge in [-0.2, -0.15) is 0 Å². The Morgan fingerprint density at radius 3 is 2.69 bits per heavy atom. The molecule has 1 N–H and O–H groups in total. The molecule has 2 aromatic carbocycles. The fraction of sp³-hybridized carbons (Fsp3) is 0.348. The van der Waals surface area contributed by atoms with Gasteiger partial charge in [-0.05, 0) is 61.7 Å². The maximum Gasteiger partial charge on any atom is 0.416 e. The van der Waals surface area contributed by atoms with Crippen molar-refractivity contribution in [3.05, 3.63) is 63.8 Å². The Kier molecular flexibility index (Phi) is 5.65. The van der Waals surface area contributed by atoms with E-state index in [0.29, 0.717) is 6.04 Å². The highest BCUT2D eigenvalue weighted by molar-refractivity contribution is 9.10. The molecular weight excluding hydrogens is 432 g/mol. The Bertz CT molecular complexity index is 1040. The van der Waals surface area contributed by atoms with Crippen LogP contribution in [0, 0.1) is 6.92 Å². The molecule has 6 heteroatoms. The van der Waals surface area contributed by atoms with Gasteiger partial charge in [-0.25, -0.2) is 4.79 Å². The number of carboxylic acid groups (broad SMARTS) is 1. The number of hydrogen-bond donors (Lipinski definition) is 1. The highest BCUT2D eigenvalue weighted by atomic mass is 79.9. The van der Waals surface area contributed by atoms with E-state index in [-0.39, 0.29) is 0 Å². The Morgan fingerprint density at radius 1 is 1.24 bits per heavy atom. The number of fused-ring (bicyclic) bond motifs is 1. The lowest BCUT2D eigenvalue weighted by molar-refractivity contribution is 0.139. The molecule has 4 rings (SSSR count). The van der Waals surface area contributed by atoms with Crippen molar-refractivity contribution < 1.29 is 14.6 Å². The number of carbonyl (C=O) groups is 1. The molecule has 5 nitrogen and oxygen atoms in total. The molecule has 29 heavy (non-hydrogen) atoms. The van der Waals surface area contributed by atoms with Crippen molar-refractivity contribution in [2.75, 3.05) is 13.7 Å². The minimum Gasteiger partial charge on any atom is -0.496 e. The SMILES string of the molecule is COc1cc(C)c2c(ccn2C(=O)O)c1CN1CCCC[C@H]1c1ccc(Br)cc1. The molecule has 1 fully saturated rings. The van der Waals surface area contributed by atoms with Crippen LogP contribution >= 0.6 is 15.9 Å². The zero-order valence-electron chi connectivity index (χ0n) is 16.7. The van der Waals surface area contributed by atoms with Crippen molar-refractivity contribution in [2.24, 2.45) is 0 Å². The van der Waals surface area contributed by atoms with Crippen LogP contribution in [0.3, 0.4) is 0 Å². The number of halogens is 1. The second kappa shape index (κ2) is 8.20. The van der Waals surface area contributed by atoms with Gasteiger partial charge in [-0.15, -0.1) is 0 Å². The summed E-state index contributed by atoms with van der Waals surface area (Å²) in [4.78, 5) is 14.2. The molecule has 152 valence electrons. The van der Waals surface area contributed by atoms with Crippen LogP contribution in [0.5, 0.6) is 5.75 Å². The summed E-state index contributed by atoms with van der Waals surface area (Å²) in [6.07, 6.45) is 4.17. The van der Waals surface area contributed by atoms with Gasteiger partial charge in [0.25, 0.3) is 0 Å². The number of aromatic nitrogens is 1. The van der Waals surface area contributed by atoms with Crippen LogP contribution in [-0.2, 0) is 6.54 Å². The number of nitrogens with zero attached hydrogens (tertiary/aromatic N) is 2. The van der Waals surface area contributed by atoms with E-state index < -0.39 is 6.09 Å². The second-order valence-corrected chi connectivity index (χ2v) is 8.55. The zero-order chi connectivity index (χ0) is 20.5. The third-order valence-corrected chi connectivity index (χ3v) is 6.41. The van der Waals surface area contributed by atoms with Crippen LogP contribution in [0.1, 0.15) is 42.0 Å². The van der Waals surface area contributed by atoms with Crippen molar-refractivity contribution in [1.82, 2.24) is 9.47 Å². The lowest BCUT2D eigenvalue weighted by atomic mass is 9.94. The molecule has 1 saturated heterocycles. The van der Waals surface area contributed by atoms with Gasteiger partial charge in [0, 0.05) is 34.2 Å². The average Bonchev–Trinajstić information content (AvgIpc) is 3.17. The first-order valence-electron chi connectivity index (χ1n) is 9.90. The van der Waals surface area contributed by atoms with Crippen molar-refractivity contribution in [2.45, 2.75) is 38.8 Å². The van der Waals surface area contributed by atoms with Gasteiger partial charge in [0.2, 0.25) is 0 Å². The molecule has 1 aliphatic rings. The van der Waals surface area contributed by atoms with Gasteiger partial charge in [-0.3, -0.25) is 9.47 Å². The first-order valence-corrected chi connectivity index (χ1v) is 10.7. The first kappa shape index (κ1) is 20.0. The molecule has 0 saturated carbocycles. The van der Waals surface area contributed by atoms with Crippen LogP contribution in [0.25, 0.3) is 10.9 Å². The van der Waals surface area contributed by atoms with Crippen molar-refractivity contribution in [3.8, 4) is 5.75 Å². The summed E-state index contributed by atoms with van der Waals surface area (Å²) in [6.45, 7) is 3.67. The predicted octanol–water partition coefficient (Wildman–Crippen LogP) is 5.97. The van der Waals surface area contributed by atoms with Gasteiger partial charge in [0.15, 0.2) is 0 Å². The summed E-state index contributed by atoms with van der Waals surface area (Å²) in [5.41, 5.74) is 4.01. The van der Waals surface area contributed by atoms with Crippen molar-refractivity contribution in [3.63, 3.8) is 0 Å². The molecule has 1 atom stereocenters. The van der Waals surface area contributed by atoms with Crippen molar-refractivity contribution >= 4 is 32.9 Å². The third-order valence-electron chi connectivity index (χ3n) is 5.89. The molecule has 0 radical (unpaired) electrons. The van der Waals surface area contributed by atoms with Gasteiger partial charge in [0.05, 0.1) is 12.6 Å². The molecular formula is C23H25BrN2O3. The number of benzene rings is 2. The molecule has 3 aromatic rings. The highest BCUT2D eigenvalue weighted by Crippen LogP contribution is 2.37. The van der Waals surface area contributed by atoms with Gasteiger partial charge in [-0.1, -0.05) is 34.5 Å². The molecule has 1 aromatic heterocycles. The third kappa shape index (κ3) is 3.79. The standard InChI is InChI=1S/C23H25BrN2O3/c1-15-13-21(29-2)19(18-10-12-26(22(15)18)23(27)28)14-25-11-4-3-5-20(25)16-6-8-17(24)9-7-16/h6-10,12-13,20H,3-5,11,14H2,1-2H3,(H,27,28)/t20-/m0/s1. The first-order chi connectivity index (χ1) is 14.0. The molecule has 1 aliphatic heterocycles. The Labute approximate surface area is 179 Å². The normalized spacial score (nSPS) is 17.6. The Balaban J connectivity index is 1.76. The maximum atomic E-state index is 11.7. The Morgan fingerprint density at radius 2 is 2.00 bits per heavy atom. The van der Waals surface area contributed by atoms with E-state index in [1.807, 2.05) is 19.1 Å². The highest BCUT2D eigenvalue weighted by Gasteiger charge is 2.26. The molecule has 0 unspecified atom stereocenters. The zero-order valence-corrected chi connectivity index (χ0v) is 18.3. The van der Waals surface area contributed by atoms with Gasteiger partial charge in [0.1, 0.15) is 5.75 Å². The predicted molar refractivity (Wildman–Crippen MR) is 118 cm³/mol. The summed E-state index contributed by atoms with van der Waals surface area (Å²) in [5.74, 6) is 0.818. The topological polar surface area (TPSA) is 54.7 Å². The lowest BCUT2D eigenvalue weighted by Gasteiger charge is -2.36. The Hall–Kier alpha value is -2.31. The smallest absolute Gasteiger partial charge is 0.416 e. The number of aryl methyl sites for hydroxylation is 1. The number of rotatable bonds is 4. The van der Waals surface area contributed by atoms with Crippen LogP contribution in [0.15, 0.2) is 47.1 Å². The summed E-state index contributed by atoms with van der Waals surface area (Å²) >= 11 is 3.52. The summed E-state index contributed by atoms with van der Waals surface area (Å²) < 4.78 is 8.10. The molecule has 0 aliphatic carbocycles. The second-order valence-electron chi connectivity index (χ2n) is 7.64. The van der Waals surface area contributed by atoms with E-state index in [9.17, 15) is 9.90 Å². The number of likely N-dealkylation sites (tertiary alicyclic amines) is 1. The maximum absolute atomic E-state index is 11.7. The number of piperidine rings is 1. The monoisotopic (exact) mass is 456 g/mol. The summed E-state index contributed by atoms with van der Waals surface area (Å²) in [7, 11) is 1.68. The van der Waals surface area contributed by atoms with Crippen LogP contribution < -0.4 is 4.74 Å². The van der Waals surface area contributed by atoms with E-state index >= 15 is 0 Å². The molecule has 0 bridgehead atoms.